The van der Waals surface area contributed by atoms with E-state index in [1.165, 1.54) is 9.80 Å². The van der Waals surface area contributed by atoms with Crippen LogP contribution in [0.3, 0.4) is 0 Å². The van der Waals surface area contributed by atoms with E-state index in [-0.39, 0.29) is 0 Å². The van der Waals surface area contributed by atoms with Crippen molar-refractivity contribution in [2.75, 3.05) is 31.6 Å². The molecule has 1 saturated heterocycles. The first-order valence-corrected chi connectivity index (χ1v) is 5.93. The van der Waals surface area contributed by atoms with Crippen molar-refractivity contribution < 1.29 is 14.3 Å². The zero-order valence-corrected chi connectivity index (χ0v) is 10.5. The maximum atomic E-state index is 11.9. The number of piperazine rings is 1. The van der Waals surface area contributed by atoms with Gasteiger partial charge in [0.15, 0.2) is 0 Å². The van der Waals surface area contributed by atoms with Crippen LogP contribution in [-0.2, 0) is 9.59 Å². The van der Waals surface area contributed by atoms with Gasteiger partial charge in [-0.2, -0.15) is 0 Å². The standard InChI is InChI=1S/C13H16N2O3/c1-3-18-11-6-4-10(5-7-11)15-9-8-14(2)12(16)13(15)17/h4-7H,3,8-9H2,1-2H3. The Hall–Kier alpha value is -2.04. The molecule has 0 atom stereocenters. The summed E-state index contributed by atoms with van der Waals surface area (Å²) in [5.74, 6) is -0.183. The maximum Gasteiger partial charge on any atom is 0.316 e. The molecule has 0 N–H and O–H groups in total. The lowest BCUT2D eigenvalue weighted by Crippen LogP contribution is -2.52. The van der Waals surface area contributed by atoms with E-state index in [9.17, 15) is 9.59 Å². The summed E-state index contributed by atoms with van der Waals surface area (Å²) in [4.78, 5) is 26.4. The molecule has 96 valence electrons. The molecule has 1 aliphatic heterocycles. The number of anilines is 1. The third-order valence-corrected chi connectivity index (χ3v) is 2.89. The Bertz CT molecular complexity index is 456. The van der Waals surface area contributed by atoms with Crippen LogP contribution in [0.1, 0.15) is 6.92 Å². The van der Waals surface area contributed by atoms with Gasteiger partial charge in [0.2, 0.25) is 0 Å². The molecule has 1 fully saturated rings. The van der Waals surface area contributed by atoms with Gasteiger partial charge >= 0.3 is 11.8 Å². The molecular weight excluding hydrogens is 232 g/mol. The molecular formula is C13H16N2O3. The summed E-state index contributed by atoms with van der Waals surface area (Å²) in [6.45, 7) is 3.59. The number of ether oxygens (including phenoxy) is 1. The Kier molecular flexibility index (Phi) is 3.50. The largest absolute Gasteiger partial charge is 0.494 e. The van der Waals surface area contributed by atoms with Crippen LogP contribution in [0.15, 0.2) is 24.3 Å². The van der Waals surface area contributed by atoms with E-state index in [4.69, 9.17) is 4.74 Å². The zero-order valence-electron chi connectivity index (χ0n) is 10.5. The number of amides is 2. The Morgan fingerprint density at radius 1 is 1.11 bits per heavy atom. The first-order valence-electron chi connectivity index (χ1n) is 5.93. The van der Waals surface area contributed by atoms with Gasteiger partial charge in [0, 0.05) is 25.8 Å². The number of carbonyl (C=O) groups is 2. The van der Waals surface area contributed by atoms with E-state index in [1.807, 2.05) is 6.92 Å². The fourth-order valence-electron chi connectivity index (χ4n) is 1.87. The highest BCUT2D eigenvalue weighted by Gasteiger charge is 2.31. The van der Waals surface area contributed by atoms with Gasteiger partial charge in [-0.1, -0.05) is 0 Å². The molecule has 1 aromatic rings. The van der Waals surface area contributed by atoms with Crippen LogP contribution in [-0.4, -0.2) is 43.5 Å². The number of nitrogens with zero attached hydrogens (tertiary/aromatic N) is 2. The van der Waals surface area contributed by atoms with Crippen molar-refractivity contribution >= 4 is 17.5 Å². The molecule has 0 unspecified atom stereocenters. The van der Waals surface area contributed by atoms with Gasteiger partial charge < -0.3 is 14.5 Å². The topological polar surface area (TPSA) is 49.9 Å². The van der Waals surface area contributed by atoms with Gasteiger partial charge in [0.1, 0.15) is 5.75 Å². The van der Waals surface area contributed by atoms with Crippen molar-refractivity contribution in [1.82, 2.24) is 4.90 Å². The van der Waals surface area contributed by atoms with E-state index in [1.54, 1.807) is 31.3 Å². The number of likely N-dealkylation sites (N-methyl/N-ethyl adjacent to an activating group) is 1. The van der Waals surface area contributed by atoms with Gasteiger partial charge in [-0.3, -0.25) is 9.59 Å². The molecule has 0 radical (unpaired) electrons. The first-order chi connectivity index (χ1) is 8.63. The zero-order chi connectivity index (χ0) is 13.1. The Morgan fingerprint density at radius 3 is 2.39 bits per heavy atom. The molecule has 0 aliphatic carbocycles. The average molecular weight is 248 g/mol. The summed E-state index contributed by atoms with van der Waals surface area (Å²) in [5, 5.41) is 0. The fourth-order valence-corrected chi connectivity index (χ4v) is 1.87. The van der Waals surface area contributed by atoms with Crippen molar-refractivity contribution in [3.8, 4) is 5.75 Å². The summed E-state index contributed by atoms with van der Waals surface area (Å²) < 4.78 is 5.33. The Balaban J connectivity index is 2.16. The molecule has 1 heterocycles. The van der Waals surface area contributed by atoms with E-state index in [2.05, 4.69) is 0 Å². The summed E-state index contributed by atoms with van der Waals surface area (Å²) in [6, 6.07) is 7.19. The predicted octanol–water partition coefficient (Wildman–Crippen LogP) is 0.890. The van der Waals surface area contributed by atoms with Gasteiger partial charge in [0.25, 0.3) is 0 Å². The third-order valence-electron chi connectivity index (χ3n) is 2.89. The molecule has 0 spiro atoms. The molecule has 2 rings (SSSR count). The number of rotatable bonds is 3. The minimum absolute atomic E-state index is 0.463. The lowest BCUT2D eigenvalue weighted by atomic mass is 10.2. The van der Waals surface area contributed by atoms with Crippen molar-refractivity contribution in [2.24, 2.45) is 0 Å². The summed E-state index contributed by atoms with van der Waals surface area (Å²) >= 11 is 0. The van der Waals surface area contributed by atoms with Crippen LogP contribution in [0.4, 0.5) is 5.69 Å². The molecule has 0 aromatic heterocycles. The number of carbonyl (C=O) groups excluding carboxylic acids is 2. The van der Waals surface area contributed by atoms with Crippen molar-refractivity contribution in [3.05, 3.63) is 24.3 Å². The van der Waals surface area contributed by atoms with Gasteiger partial charge in [0.05, 0.1) is 6.61 Å². The molecule has 5 nitrogen and oxygen atoms in total. The van der Waals surface area contributed by atoms with Crippen LogP contribution in [0.5, 0.6) is 5.75 Å². The lowest BCUT2D eigenvalue weighted by Gasteiger charge is -2.31. The quantitative estimate of drug-likeness (QED) is 0.746. The second-order valence-corrected chi connectivity index (χ2v) is 4.11. The highest BCUT2D eigenvalue weighted by atomic mass is 16.5. The third kappa shape index (κ3) is 2.30. The van der Waals surface area contributed by atoms with Crippen molar-refractivity contribution in [2.45, 2.75) is 6.92 Å². The van der Waals surface area contributed by atoms with Crippen molar-refractivity contribution in [1.29, 1.82) is 0 Å². The number of hydrogen-bond acceptors (Lipinski definition) is 3. The van der Waals surface area contributed by atoms with Crippen LogP contribution < -0.4 is 9.64 Å². The second-order valence-electron chi connectivity index (χ2n) is 4.11. The molecule has 1 aromatic carbocycles. The number of benzene rings is 1. The summed E-state index contributed by atoms with van der Waals surface area (Å²) in [6.07, 6.45) is 0. The molecule has 18 heavy (non-hydrogen) atoms. The van der Waals surface area contributed by atoms with E-state index in [0.717, 1.165) is 11.4 Å². The van der Waals surface area contributed by atoms with Crippen LogP contribution in [0.2, 0.25) is 0 Å². The van der Waals surface area contributed by atoms with Crippen molar-refractivity contribution in [3.63, 3.8) is 0 Å². The normalized spacial score (nSPS) is 16.1. The van der Waals surface area contributed by atoms with Crippen LogP contribution >= 0.6 is 0 Å². The minimum Gasteiger partial charge on any atom is -0.494 e. The summed E-state index contributed by atoms with van der Waals surface area (Å²) in [5.41, 5.74) is 0.727. The maximum absolute atomic E-state index is 11.9. The molecule has 5 heteroatoms. The SMILES string of the molecule is CCOc1ccc(N2CCN(C)C(=O)C2=O)cc1. The average Bonchev–Trinajstić information content (AvgIpc) is 2.38. The molecule has 0 saturated carbocycles. The predicted molar refractivity (Wildman–Crippen MR) is 67.6 cm³/mol. The molecule has 1 aliphatic rings. The lowest BCUT2D eigenvalue weighted by molar-refractivity contribution is -0.145. The van der Waals surface area contributed by atoms with Crippen LogP contribution in [0.25, 0.3) is 0 Å². The smallest absolute Gasteiger partial charge is 0.316 e. The van der Waals surface area contributed by atoms with Gasteiger partial charge in [-0.05, 0) is 31.2 Å². The van der Waals surface area contributed by atoms with Crippen LogP contribution in [0, 0.1) is 0 Å². The fraction of sp³-hybridized carbons (Fsp3) is 0.385. The second kappa shape index (κ2) is 5.08. The Labute approximate surface area is 106 Å². The number of hydrogen-bond donors (Lipinski definition) is 0. The van der Waals surface area contributed by atoms with E-state index >= 15 is 0 Å². The van der Waals surface area contributed by atoms with E-state index < -0.39 is 11.8 Å². The monoisotopic (exact) mass is 248 g/mol. The Morgan fingerprint density at radius 2 is 1.78 bits per heavy atom. The van der Waals surface area contributed by atoms with E-state index in [0.29, 0.717) is 19.7 Å². The minimum atomic E-state index is -0.479. The molecule has 0 bridgehead atoms. The van der Waals surface area contributed by atoms with Gasteiger partial charge in [-0.25, -0.2) is 0 Å². The summed E-state index contributed by atoms with van der Waals surface area (Å²) in [7, 11) is 1.63. The highest BCUT2D eigenvalue weighted by Crippen LogP contribution is 2.21. The van der Waals surface area contributed by atoms with Gasteiger partial charge in [-0.15, -0.1) is 0 Å². The molecule has 2 amide bonds. The highest BCUT2D eigenvalue weighted by molar-refractivity contribution is 6.40. The first kappa shape index (κ1) is 12.4.